The van der Waals surface area contributed by atoms with E-state index in [0.717, 1.165) is 0 Å². The van der Waals surface area contributed by atoms with Crippen LogP contribution in [0, 0.1) is 6.92 Å². The fourth-order valence-electron chi connectivity index (χ4n) is 3.08. The molecule has 1 aliphatic heterocycles. The average molecular weight is 348 g/mol. The van der Waals surface area contributed by atoms with E-state index >= 15 is 0 Å². The zero-order valence-corrected chi connectivity index (χ0v) is 15.7. The average Bonchev–Trinajstić information content (AvgIpc) is 2.56. The van der Waals surface area contributed by atoms with Crippen molar-refractivity contribution in [2.45, 2.75) is 45.8 Å². The molecule has 1 aromatic carbocycles. The van der Waals surface area contributed by atoms with Gasteiger partial charge < -0.3 is 19.6 Å². The first kappa shape index (κ1) is 19.2. The number of benzene rings is 1. The van der Waals surface area contributed by atoms with Gasteiger partial charge in [-0.15, -0.1) is 0 Å². The van der Waals surface area contributed by atoms with E-state index in [1.807, 2.05) is 25.7 Å². The zero-order chi connectivity index (χ0) is 18.8. The van der Waals surface area contributed by atoms with Crippen LogP contribution in [0.4, 0.5) is 0 Å². The summed E-state index contributed by atoms with van der Waals surface area (Å²) in [6.07, 6.45) is 0.313. The van der Waals surface area contributed by atoms with Crippen LogP contribution in [-0.4, -0.2) is 65.1 Å². The van der Waals surface area contributed by atoms with E-state index in [2.05, 4.69) is 0 Å². The highest BCUT2D eigenvalue weighted by Gasteiger charge is 2.33. The monoisotopic (exact) mass is 348 g/mol. The van der Waals surface area contributed by atoms with Crippen molar-refractivity contribution in [2.24, 2.45) is 0 Å². The summed E-state index contributed by atoms with van der Waals surface area (Å²) in [6.45, 7) is 8.93. The minimum absolute atomic E-state index is 0.0417. The molecule has 6 nitrogen and oxygen atoms in total. The molecule has 2 rings (SSSR count). The Morgan fingerprint density at radius 3 is 2.60 bits per heavy atom. The van der Waals surface area contributed by atoms with E-state index in [-0.39, 0.29) is 23.6 Å². The van der Waals surface area contributed by atoms with Gasteiger partial charge in [-0.05, 0) is 39.8 Å². The molecule has 25 heavy (non-hydrogen) atoms. The Bertz CT molecular complexity index is 657. The number of ether oxygens (including phenoxy) is 1. The van der Waals surface area contributed by atoms with Gasteiger partial charge >= 0.3 is 0 Å². The molecule has 138 valence electrons. The molecule has 0 bridgehead atoms. The number of hydrogen-bond donors (Lipinski definition) is 1. The number of carbonyl (C=O) groups is 2. The third-order valence-corrected chi connectivity index (χ3v) is 4.90. The summed E-state index contributed by atoms with van der Waals surface area (Å²) in [5.74, 6) is 0.0547. The van der Waals surface area contributed by atoms with E-state index in [1.54, 1.807) is 37.1 Å². The van der Waals surface area contributed by atoms with E-state index < -0.39 is 5.60 Å². The van der Waals surface area contributed by atoms with Crippen LogP contribution in [0.25, 0.3) is 0 Å². The summed E-state index contributed by atoms with van der Waals surface area (Å²) in [5, 5.41) is 9.81. The largest absolute Gasteiger partial charge is 0.508 e. The molecule has 0 aliphatic carbocycles. The normalized spacial score (nSPS) is 18.4. The first-order chi connectivity index (χ1) is 11.7. The molecule has 0 spiro atoms. The summed E-state index contributed by atoms with van der Waals surface area (Å²) in [7, 11) is 1.60. The van der Waals surface area contributed by atoms with Crippen LogP contribution in [0.5, 0.6) is 5.75 Å². The zero-order valence-electron chi connectivity index (χ0n) is 15.7. The van der Waals surface area contributed by atoms with Crippen LogP contribution in [0.1, 0.15) is 43.1 Å². The summed E-state index contributed by atoms with van der Waals surface area (Å²) < 4.78 is 5.34. The Morgan fingerprint density at radius 1 is 1.32 bits per heavy atom. The van der Waals surface area contributed by atoms with Crippen molar-refractivity contribution < 1.29 is 19.4 Å². The smallest absolute Gasteiger partial charge is 0.254 e. The quantitative estimate of drug-likeness (QED) is 0.905. The molecule has 0 saturated carbocycles. The number of phenols is 1. The number of piperazine rings is 1. The third-order valence-electron chi connectivity index (χ3n) is 4.90. The Labute approximate surface area is 149 Å². The SMILES string of the molecule is COC(C)(C)CC(=O)N1CCN(C(=O)c2cccc(O)c2C)CC1C. The molecule has 2 amide bonds. The van der Waals surface area contributed by atoms with Gasteiger partial charge in [0.15, 0.2) is 0 Å². The van der Waals surface area contributed by atoms with Crippen molar-refractivity contribution in [2.75, 3.05) is 26.7 Å². The van der Waals surface area contributed by atoms with Crippen molar-refractivity contribution in [3.05, 3.63) is 29.3 Å². The molecular formula is C19H28N2O4. The maximum Gasteiger partial charge on any atom is 0.254 e. The third kappa shape index (κ3) is 4.31. The first-order valence-electron chi connectivity index (χ1n) is 8.59. The van der Waals surface area contributed by atoms with Crippen molar-refractivity contribution in [3.63, 3.8) is 0 Å². The second kappa shape index (κ2) is 7.44. The number of aromatic hydroxyl groups is 1. The van der Waals surface area contributed by atoms with Crippen LogP contribution >= 0.6 is 0 Å². The van der Waals surface area contributed by atoms with Gasteiger partial charge in [0.05, 0.1) is 12.0 Å². The van der Waals surface area contributed by atoms with Crippen LogP contribution in [0.3, 0.4) is 0 Å². The van der Waals surface area contributed by atoms with E-state index in [0.29, 0.717) is 37.2 Å². The number of phenolic OH excluding ortho intramolecular Hbond substituents is 1. The highest BCUT2D eigenvalue weighted by molar-refractivity contribution is 5.96. The van der Waals surface area contributed by atoms with Crippen LogP contribution in [0.15, 0.2) is 18.2 Å². The lowest BCUT2D eigenvalue weighted by Gasteiger charge is -2.41. The van der Waals surface area contributed by atoms with Crippen LogP contribution < -0.4 is 0 Å². The number of hydrogen-bond acceptors (Lipinski definition) is 4. The summed E-state index contributed by atoms with van der Waals surface area (Å²) in [6, 6.07) is 4.91. The molecule has 1 unspecified atom stereocenters. The minimum Gasteiger partial charge on any atom is -0.508 e. The predicted molar refractivity (Wildman–Crippen MR) is 95.6 cm³/mol. The molecule has 1 saturated heterocycles. The first-order valence-corrected chi connectivity index (χ1v) is 8.59. The second-order valence-corrected chi connectivity index (χ2v) is 7.28. The Kier molecular flexibility index (Phi) is 5.72. The Hall–Kier alpha value is -2.08. The van der Waals surface area contributed by atoms with Gasteiger partial charge in [-0.3, -0.25) is 9.59 Å². The number of carbonyl (C=O) groups excluding carboxylic acids is 2. The lowest BCUT2D eigenvalue weighted by Crippen LogP contribution is -2.56. The van der Waals surface area contributed by atoms with Gasteiger partial charge in [-0.1, -0.05) is 6.07 Å². The number of nitrogens with zero attached hydrogens (tertiary/aromatic N) is 2. The Balaban J connectivity index is 2.05. The van der Waals surface area contributed by atoms with Gasteiger partial charge in [0.2, 0.25) is 5.91 Å². The van der Waals surface area contributed by atoms with Gasteiger partial charge in [0, 0.05) is 43.9 Å². The molecule has 0 radical (unpaired) electrons. The van der Waals surface area contributed by atoms with Gasteiger partial charge in [0.25, 0.3) is 5.91 Å². The lowest BCUT2D eigenvalue weighted by molar-refractivity contribution is -0.140. The minimum atomic E-state index is -0.498. The van der Waals surface area contributed by atoms with Gasteiger partial charge in [-0.25, -0.2) is 0 Å². The summed E-state index contributed by atoms with van der Waals surface area (Å²) in [5.41, 5.74) is 0.593. The van der Waals surface area contributed by atoms with E-state index in [1.165, 1.54) is 0 Å². The van der Waals surface area contributed by atoms with Gasteiger partial charge in [0.1, 0.15) is 5.75 Å². The molecule has 1 aromatic rings. The maximum atomic E-state index is 12.8. The number of methoxy groups -OCH3 is 1. The van der Waals surface area contributed by atoms with Crippen molar-refractivity contribution in [1.82, 2.24) is 9.80 Å². The molecule has 1 heterocycles. The molecule has 1 fully saturated rings. The van der Waals surface area contributed by atoms with E-state index in [4.69, 9.17) is 4.74 Å². The highest BCUT2D eigenvalue weighted by atomic mass is 16.5. The fourth-order valence-corrected chi connectivity index (χ4v) is 3.08. The predicted octanol–water partition coefficient (Wildman–Crippen LogP) is 2.19. The van der Waals surface area contributed by atoms with Crippen molar-refractivity contribution in [1.29, 1.82) is 0 Å². The molecule has 0 aromatic heterocycles. The topological polar surface area (TPSA) is 70.1 Å². The number of amides is 2. The van der Waals surface area contributed by atoms with E-state index in [9.17, 15) is 14.7 Å². The number of rotatable bonds is 4. The van der Waals surface area contributed by atoms with Crippen LogP contribution in [0.2, 0.25) is 0 Å². The van der Waals surface area contributed by atoms with Crippen molar-refractivity contribution in [3.8, 4) is 5.75 Å². The van der Waals surface area contributed by atoms with Crippen LogP contribution in [-0.2, 0) is 9.53 Å². The van der Waals surface area contributed by atoms with Gasteiger partial charge in [-0.2, -0.15) is 0 Å². The fraction of sp³-hybridized carbons (Fsp3) is 0.579. The maximum absolute atomic E-state index is 12.8. The summed E-state index contributed by atoms with van der Waals surface area (Å²) >= 11 is 0. The molecule has 6 heteroatoms. The summed E-state index contributed by atoms with van der Waals surface area (Å²) in [4.78, 5) is 28.9. The molecule has 1 aliphatic rings. The standard InChI is InChI=1S/C19H28N2O4/c1-13-12-20(18(24)15-7-6-8-16(22)14(15)2)9-10-21(13)17(23)11-19(3,4)25-5/h6-8,13,22H,9-12H2,1-5H3. The second-order valence-electron chi connectivity index (χ2n) is 7.28. The Morgan fingerprint density at radius 2 is 2.00 bits per heavy atom. The molecule has 1 atom stereocenters. The highest BCUT2D eigenvalue weighted by Crippen LogP contribution is 2.23. The molecular weight excluding hydrogens is 320 g/mol. The lowest BCUT2D eigenvalue weighted by atomic mass is 10.0. The van der Waals surface area contributed by atoms with Crippen molar-refractivity contribution >= 4 is 11.8 Å². The molecule has 1 N–H and O–H groups in total.